The van der Waals surface area contributed by atoms with Crippen molar-refractivity contribution < 1.29 is 19.1 Å². The van der Waals surface area contributed by atoms with E-state index in [2.05, 4.69) is 5.32 Å². The van der Waals surface area contributed by atoms with Gasteiger partial charge in [0.25, 0.3) is 5.91 Å². The highest BCUT2D eigenvalue weighted by molar-refractivity contribution is 7.18. The van der Waals surface area contributed by atoms with Crippen LogP contribution in [0.4, 0.5) is 5.00 Å². The Hall–Kier alpha value is -3.45. The van der Waals surface area contributed by atoms with E-state index >= 15 is 0 Å². The van der Waals surface area contributed by atoms with Crippen molar-refractivity contribution in [3.8, 4) is 0 Å². The second-order valence-corrected chi connectivity index (χ2v) is 9.84. The standard InChI is InChI=1S/C29H34N2O4S/c1-6-31(7-2)28(33)26-20(5)25(29(34)35-19(3)4)27(36-26)30-24(32)18-23(21-14-10-8-11-15-21)22-16-12-9-13-17-22/h8-17,19,23H,6-7,18H2,1-5H3,(H,30,32). The molecule has 1 N–H and O–H groups in total. The first-order valence-electron chi connectivity index (χ1n) is 12.3. The molecule has 2 aromatic carbocycles. The lowest BCUT2D eigenvalue weighted by atomic mass is 9.88. The number of nitrogens with one attached hydrogen (secondary N) is 1. The van der Waals surface area contributed by atoms with Gasteiger partial charge in [-0.3, -0.25) is 9.59 Å². The van der Waals surface area contributed by atoms with E-state index < -0.39 is 5.97 Å². The van der Waals surface area contributed by atoms with Crippen LogP contribution in [0.15, 0.2) is 60.7 Å². The van der Waals surface area contributed by atoms with E-state index in [1.54, 1.807) is 25.7 Å². The number of ether oxygens (including phenoxy) is 1. The molecule has 7 heteroatoms. The minimum absolute atomic E-state index is 0.156. The Labute approximate surface area is 217 Å². The van der Waals surface area contributed by atoms with Gasteiger partial charge in [0.1, 0.15) is 5.00 Å². The molecule has 0 aliphatic heterocycles. The molecule has 1 heterocycles. The van der Waals surface area contributed by atoms with Crippen LogP contribution in [0.2, 0.25) is 0 Å². The predicted octanol–water partition coefficient (Wildman–Crippen LogP) is 6.26. The molecule has 3 aromatic rings. The van der Waals surface area contributed by atoms with Crippen molar-refractivity contribution in [2.45, 2.75) is 53.1 Å². The summed E-state index contributed by atoms with van der Waals surface area (Å²) in [7, 11) is 0. The second kappa shape index (κ2) is 12.5. The van der Waals surface area contributed by atoms with Gasteiger partial charge in [-0.25, -0.2) is 4.79 Å². The summed E-state index contributed by atoms with van der Waals surface area (Å²) in [4.78, 5) is 41.6. The molecule has 0 aliphatic carbocycles. The van der Waals surface area contributed by atoms with Crippen molar-refractivity contribution in [1.82, 2.24) is 4.90 Å². The van der Waals surface area contributed by atoms with Crippen molar-refractivity contribution in [1.29, 1.82) is 0 Å². The summed E-state index contributed by atoms with van der Waals surface area (Å²) in [5.74, 6) is -1.10. The van der Waals surface area contributed by atoms with E-state index in [0.29, 0.717) is 28.5 Å². The molecule has 0 atom stereocenters. The Morgan fingerprint density at radius 1 is 0.917 bits per heavy atom. The zero-order valence-electron chi connectivity index (χ0n) is 21.5. The molecule has 2 amide bonds. The molecule has 0 saturated heterocycles. The number of hydrogen-bond acceptors (Lipinski definition) is 5. The van der Waals surface area contributed by atoms with Crippen LogP contribution in [-0.2, 0) is 9.53 Å². The Balaban J connectivity index is 1.95. The fourth-order valence-electron chi connectivity index (χ4n) is 4.14. The summed E-state index contributed by atoms with van der Waals surface area (Å²) < 4.78 is 5.46. The number of benzene rings is 2. The first-order valence-corrected chi connectivity index (χ1v) is 13.1. The molecule has 0 unspecified atom stereocenters. The lowest BCUT2D eigenvalue weighted by Gasteiger charge is -2.18. The van der Waals surface area contributed by atoms with Crippen molar-refractivity contribution in [2.75, 3.05) is 18.4 Å². The van der Waals surface area contributed by atoms with Crippen LogP contribution < -0.4 is 5.32 Å². The Bertz CT molecular complexity index is 1150. The van der Waals surface area contributed by atoms with Gasteiger partial charge in [-0.1, -0.05) is 60.7 Å². The molecule has 190 valence electrons. The summed E-state index contributed by atoms with van der Waals surface area (Å²) in [5, 5.41) is 3.28. The number of thiophene rings is 1. The summed E-state index contributed by atoms with van der Waals surface area (Å²) >= 11 is 1.13. The van der Waals surface area contributed by atoms with Crippen LogP contribution in [-0.4, -0.2) is 41.9 Å². The maximum atomic E-state index is 13.4. The Morgan fingerprint density at radius 2 is 1.44 bits per heavy atom. The number of amides is 2. The number of rotatable bonds is 10. The largest absolute Gasteiger partial charge is 0.459 e. The number of anilines is 1. The van der Waals surface area contributed by atoms with Gasteiger partial charge in [0.05, 0.1) is 16.5 Å². The van der Waals surface area contributed by atoms with Gasteiger partial charge in [-0.15, -0.1) is 11.3 Å². The minimum atomic E-state index is -0.546. The molecule has 6 nitrogen and oxygen atoms in total. The third kappa shape index (κ3) is 6.40. The topological polar surface area (TPSA) is 75.7 Å². The van der Waals surface area contributed by atoms with Gasteiger partial charge in [0, 0.05) is 25.4 Å². The molecular weight excluding hydrogens is 472 g/mol. The zero-order chi connectivity index (χ0) is 26.2. The zero-order valence-corrected chi connectivity index (χ0v) is 22.4. The molecule has 0 radical (unpaired) electrons. The van der Waals surface area contributed by atoms with Crippen LogP contribution in [0.1, 0.15) is 76.8 Å². The van der Waals surface area contributed by atoms with E-state index in [1.165, 1.54) is 0 Å². The van der Waals surface area contributed by atoms with Gasteiger partial charge in [-0.05, 0) is 51.3 Å². The lowest BCUT2D eigenvalue weighted by Crippen LogP contribution is -2.30. The summed E-state index contributed by atoms with van der Waals surface area (Å²) in [5.41, 5.74) is 2.82. The maximum absolute atomic E-state index is 13.4. The number of hydrogen-bond donors (Lipinski definition) is 1. The van der Waals surface area contributed by atoms with E-state index in [-0.39, 0.29) is 35.8 Å². The fourth-order valence-corrected chi connectivity index (χ4v) is 5.32. The number of carbonyl (C=O) groups is 3. The molecular formula is C29H34N2O4S. The molecule has 1 aromatic heterocycles. The number of nitrogens with zero attached hydrogens (tertiary/aromatic N) is 1. The highest BCUT2D eigenvalue weighted by Gasteiger charge is 2.29. The Kier molecular flexibility index (Phi) is 9.42. The molecule has 0 aliphatic rings. The Morgan fingerprint density at radius 3 is 1.92 bits per heavy atom. The SMILES string of the molecule is CCN(CC)C(=O)c1sc(NC(=O)CC(c2ccccc2)c2ccccc2)c(C(=O)OC(C)C)c1C. The lowest BCUT2D eigenvalue weighted by molar-refractivity contribution is -0.116. The molecule has 0 bridgehead atoms. The summed E-state index contributed by atoms with van der Waals surface area (Å²) in [6.45, 7) is 10.2. The van der Waals surface area contributed by atoms with Crippen LogP contribution >= 0.6 is 11.3 Å². The first kappa shape index (κ1) is 27.1. The van der Waals surface area contributed by atoms with Crippen molar-refractivity contribution in [2.24, 2.45) is 0 Å². The van der Waals surface area contributed by atoms with Crippen LogP contribution in [0.5, 0.6) is 0 Å². The molecule has 3 rings (SSSR count). The van der Waals surface area contributed by atoms with Crippen molar-refractivity contribution in [3.63, 3.8) is 0 Å². The van der Waals surface area contributed by atoms with Gasteiger partial charge in [-0.2, -0.15) is 0 Å². The van der Waals surface area contributed by atoms with Gasteiger partial charge in [0.15, 0.2) is 0 Å². The van der Waals surface area contributed by atoms with Crippen molar-refractivity contribution >= 4 is 34.1 Å². The minimum Gasteiger partial charge on any atom is -0.459 e. The second-order valence-electron chi connectivity index (χ2n) is 8.82. The van der Waals surface area contributed by atoms with E-state index in [9.17, 15) is 14.4 Å². The van der Waals surface area contributed by atoms with Crippen molar-refractivity contribution in [3.05, 3.63) is 87.8 Å². The summed E-state index contributed by atoms with van der Waals surface area (Å²) in [6, 6.07) is 19.7. The highest BCUT2D eigenvalue weighted by atomic mass is 32.1. The third-order valence-corrected chi connectivity index (χ3v) is 7.18. The van der Waals surface area contributed by atoms with Gasteiger partial charge >= 0.3 is 5.97 Å². The molecule has 0 spiro atoms. The summed E-state index contributed by atoms with van der Waals surface area (Å²) in [6.07, 6.45) is -0.147. The van der Waals surface area contributed by atoms with Crippen LogP contribution in [0.25, 0.3) is 0 Å². The monoisotopic (exact) mass is 506 g/mol. The van der Waals surface area contributed by atoms with Crippen LogP contribution in [0, 0.1) is 6.92 Å². The third-order valence-electron chi connectivity index (χ3n) is 5.98. The van der Waals surface area contributed by atoms with E-state index in [0.717, 1.165) is 22.5 Å². The maximum Gasteiger partial charge on any atom is 0.341 e. The number of carbonyl (C=O) groups excluding carboxylic acids is 3. The predicted molar refractivity (Wildman–Crippen MR) is 145 cm³/mol. The smallest absolute Gasteiger partial charge is 0.341 e. The van der Waals surface area contributed by atoms with Crippen LogP contribution in [0.3, 0.4) is 0 Å². The van der Waals surface area contributed by atoms with E-state index in [1.807, 2.05) is 74.5 Å². The normalized spacial score (nSPS) is 11.0. The highest BCUT2D eigenvalue weighted by Crippen LogP contribution is 2.36. The van der Waals surface area contributed by atoms with Gasteiger partial charge in [0.2, 0.25) is 5.91 Å². The van der Waals surface area contributed by atoms with Gasteiger partial charge < -0.3 is 15.0 Å². The molecule has 0 saturated carbocycles. The molecule has 0 fully saturated rings. The average molecular weight is 507 g/mol. The quantitative estimate of drug-likeness (QED) is 0.329. The number of esters is 1. The fraction of sp³-hybridized carbons (Fsp3) is 0.345. The van der Waals surface area contributed by atoms with E-state index in [4.69, 9.17) is 4.74 Å². The average Bonchev–Trinajstić information content (AvgIpc) is 3.19. The first-order chi connectivity index (χ1) is 17.3. The molecule has 36 heavy (non-hydrogen) atoms.